The lowest BCUT2D eigenvalue weighted by Crippen LogP contribution is -2.43. The van der Waals surface area contributed by atoms with Gasteiger partial charge < -0.3 is 15.0 Å². The molecule has 4 heteroatoms. The summed E-state index contributed by atoms with van der Waals surface area (Å²) in [4.78, 5) is 2.29. The summed E-state index contributed by atoms with van der Waals surface area (Å²) in [6.45, 7) is 5.72. The topological polar surface area (TPSA) is 24.5 Å². The molecule has 1 unspecified atom stereocenters. The average Bonchev–Trinajstić information content (AvgIpc) is 2.30. The number of aryl methyl sites for hydroxylation is 1. The number of benzene rings is 1. The number of anilines is 1. The van der Waals surface area contributed by atoms with E-state index in [1.165, 1.54) is 5.56 Å². The molecule has 0 radical (unpaired) electrons. The molecule has 0 bridgehead atoms. The van der Waals surface area contributed by atoms with Crippen molar-refractivity contribution in [3.05, 3.63) is 28.8 Å². The number of nitrogens with one attached hydrogen (secondary N) is 1. The molecule has 3 nitrogen and oxygen atoms in total. The summed E-state index contributed by atoms with van der Waals surface area (Å²) in [5.74, 6) is 0. The van der Waals surface area contributed by atoms with Crippen LogP contribution in [0.4, 0.5) is 5.69 Å². The van der Waals surface area contributed by atoms with Crippen molar-refractivity contribution in [2.24, 2.45) is 0 Å². The molecule has 0 saturated carbocycles. The predicted molar refractivity (Wildman–Crippen MR) is 71.9 cm³/mol. The van der Waals surface area contributed by atoms with Gasteiger partial charge in [-0.1, -0.05) is 17.7 Å². The number of rotatable bonds is 3. The summed E-state index contributed by atoms with van der Waals surface area (Å²) in [5.41, 5.74) is 2.30. The highest BCUT2D eigenvalue weighted by atomic mass is 35.5. The molecule has 1 aliphatic rings. The fourth-order valence-corrected chi connectivity index (χ4v) is 2.17. The third-order valence-electron chi connectivity index (χ3n) is 3.06. The highest BCUT2D eigenvalue weighted by Gasteiger charge is 2.17. The minimum atomic E-state index is 0.257. The second-order valence-corrected chi connectivity index (χ2v) is 5.03. The zero-order valence-electron chi connectivity index (χ0n) is 10.4. The Labute approximate surface area is 108 Å². The molecule has 94 valence electrons. The van der Waals surface area contributed by atoms with Crippen molar-refractivity contribution in [1.29, 1.82) is 0 Å². The van der Waals surface area contributed by atoms with E-state index >= 15 is 0 Å². The quantitative estimate of drug-likeness (QED) is 0.897. The van der Waals surface area contributed by atoms with Crippen LogP contribution in [0.15, 0.2) is 18.2 Å². The Morgan fingerprint density at radius 3 is 3.12 bits per heavy atom. The first-order chi connectivity index (χ1) is 8.15. The maximum atomic E-state index is 5.98. The van der Waals surface area contributed by atoms with Crippen molar-refractivity contribution >= 4 is 17.3 Å². The molecule has 1 aliphatic heterocycles. The first-order valence-electron chi connectivity index (χ1n) is 5.95. The monoisotopic (exact) mass is 254 g/mol. The molecular weight excluding hydrogens is 236 g/mol. The van der Waals surface area contributed by atoms with E-state index in [4.69, 9.17) is 16.3 Å². The van der Waals surface area contributed by atoms with Crippen LogP contribution in [-0.2, 0) is 4.74 Å². The van der Waals surface area contributed by atoms with E-state index in [0.29, 0.717) is 0 Å². The molecule has 1 N–H and O–H groups in total. The number of likely N-dealkylation sites (N-methyl/N-ethyl adjacent to an activating group) is 1. The maximum Gasteiger partial charge on any atom is 0.0874 e. The second-order valence-electron chi connectivity index (χ2n) is 4.60. The van der Waals surface area contributed by atoms with Crippen LogP contribution in [0.5, 0.6) is 0 Å². The molecule has 0 amide bonds. The van der Waals surface area contributed by atoms with Crippen LogP contribution in [0.25, 0.3) is 0 Å². The van der Waals surface area contributed by atoms with Gasteiger partial charge in [0.2, 0.25) is 0 Å². The molecule has 1 saturated heterocycles. The number of hydrogen-bond donors (Lipinski definition) is 1. The largest absolute Gasteiger partial charge is 0.382 e. The zero-order valence-corrected chi connectivity index (χ0v) is 11.1. The van der Waals surface area contributed by atoms with E-state index in [2.05, 4.69) is 24.2 Å². The molecule has 17 heavy (non-hydrogen) atoms. The van der Waals surface area contributed by atoms with Crippen molar-refractivity contribution in [2.75, 3.05) is 38.6 Å². The summed E-state index contributed by atoms with van der Waals surface area (Å²) in [5, 5.41) is 4.17. The lowest BCUT2D eigenvalue weighted by Gasteiger charge is -2.30. The minimum absolute atomic E-state index is 0.257. The van der Waals surface area contributed by atoms with Gasteiger partial charge in [0.15, 0.2) is 0 Å². The van der Waals surface area contributed by atoms with E-state index in [0.717, 1.165) is 37.0 Å². The molecule has 1 aromatic rings. The van der Waals surface area contributed by atoms with E-state index in [-0.39, 0.29) is 6.10 Å². The van der Waals surface area contributed by atoms with Gasteiger partial charge in [0.1, 0.15) is 0 Å². The number of morpholine rings is 1. The van der Waals surface area contributed by atoms with Crippen LogP contribution in [-0.4, -0.2) is 44.3 Å². The predicted octanol–water partition coefficient (Wildman–Crippen LogP) is 2.39. The summed E-state index contributed by atoms with van der Waals surface area (Å²) < 4.78 is 5.70. The zero-order chi connectivity index (χ0) is 12.3. The van der Waals surface area contributed by atoms with Gasteiger partial charge in [0.05, 0.1) is 12.7 Å². The highest BCUT2D eigenvalue weighted by molar-refractivity contribution is 6.30. The third-order valence-corrected chi connectivity index (χ3v) is 3.30. The lowest BCUT2D eigenvalue weighted by molar-refractivity contribution is -0.0117. The summed E-state index contributed by atoms with van der Waals surface area (Å²) >= 11 is 5.98. The smallest absolute Gasteiger partial charge is 0.0874 e. The normalized spacial score (nSPS) is 21.5. The first-order valence-corrected chi connectivity index (χ1v) is 6.33. The van der Waals surface area contributed by atoms with E-state index in [1.54, 1.807) is 0 Å². The van der Waals surface area contributed by atoms with Gasteiger partial charge >= 0.3 is 0 Å². The van der Waals surface area contributed by atoms with Gasteiger partial charge in [-0.2, -0.15) is 0 Å². The number of halogens is 1. The number of nitrogens with zero attached hydrogens (tertiary/aromatic N) is 1. The van der Waals surface area contributed by atoms with Crippen LogP contribution < -0.4 is 5.32 Å². The van der Waals surface area contributed by atoms with Gasteiger partial charge in [0.25, 0.3) is 0 Å². The Bertz CT molecular complexity index is 384. The number of hydrogen-bond acceptors (Lipinski definition) is 3. The maximum absolute atomic E-state index is 5.98. The Morgan fingerprint density at radius 1 is 1.53 bits per heavy atom. The Kier molecular flexibility index (Phi) is 4.26. The van der Waals surface area contributed by atoms with E-state index < -0.39 is 0 Å². The molecule has 1 heterocycles. The molecule has 1 aromatic carbocycles. The van der Waals surface area contributed by atoms with Gasteiger partial charge in [-0.3, -0.25) is 0 Å². The minimum Gasteiger partial charge on any atom is -0.382 e. The molecular formula is C13H19ClN2O. The van der Waals surface area contributed by atoms with Crippen LogP contribution in [0.2, 0.25) is 5.02 Å². The fraction of sp³-hybridized carbons (Fsp3) is 0.538. The van der Waals surface area contributed by atoms with Gasteiger partial charge in [-0.15, -0.1) is 0 Å². The van der Waals surface area contributed by atoms with Crippen LogP contribution in [0, 0.1) is 6.92 Å². The van der Waals surface area contributed by atoms with E-state index in [9.17, 15) is 0 Å². The average molecular weight is 255 g/mol. The van der Waals surface area contributed by atoms with Gasteiger partial charge in [0, 0.05) is 30.3 Å². The molecule has 1 fully saturated rings. The fourth-order valence-electron chi connectivity index (χ4n) is 2.00. The van der Waals surface area contributed by atoms with Crippen molar-refractivity contribution in [3.8, 4) is 0 Å². The van der Waals surface area contributed by atoms with Crippen LogP contribution in [0.3, 0.4) is 0 Å². The van der Waals surface area contributed by atoms with Gasteiger partial charge in [-0.25, -0.2) is 0 Å². The second kappa shape index (κ2) is 5.71. The molecule has 1 atom stereocenters. The van der Waals surface area contributed by atoms with Crippen molar-refractivity contribution in [2.45, 2.75) is 13.0 Å². The van der Waals surface area contributed by atoms with Crippen LogP contribution in [0.1, 0.15) is 5.56 Å². The SMILES string of the molecule is Cc1ccc(Cl)cc1NCC1CN(C)CCO1. The standard InChI is InChI=1S/C13H19ClN2O/c1-10-3-4-11(14)7-13(10)15-8-12-9-16(2)5-6-17-12/h3-4,7,12,15H,5-6,8-9H2,1-2H3. The lowest BCUT2D eigenvalue weighted by atomic mass is 10.2. The molecule has 2 rings (SSSR count). The number of ether oxygens (including phenoxy) is 1. The summed E-state index contributed by atoms with van der Waals surface area (Å²) in [6, 6.07) is 5.90. The third kappa shape index (κ3) is 3.60. The first kappa shape index (κ1) is 12.7. The van der Waals surface area contributed by atoms with E-state index in [1.807, 2.05) is 18.2 Å². The van der Waals surface area contributed by atoms with Crippen LogP contribution >= 0.6 is 11.6 Å². The summed E-state index contributed by atoms with van der Waals surface area (Å²) in [7, 11) is 2.13. The van der Waals surface area contributed by atoms with Gasteiger partial charge in [-0.05, 0) is 31.7 Å². The van der Waals surface area contributed by atoms with Crippen molar-refractivity contribution < 1.29 is 4.74 Å². The Morgan fingerprint density at radius 2 is 2.35 bits per heavy atom. The van der Waals surface area contributed by atoms with Crippen molar-refractivity contribution in [3.63, 3.8) is 0 Å². The highest BCUT2D eigenvalue weighted by Crippen LogP contribution is 2.20. The molecule has 0 spiro atoms. The Hall–Kier alpha value is -0.770. The summed E-state index contributed by atoms with van der Waals surface area (Å²) in [6.07, 6.45) is 0.257. The Balaban J connectivity index is 1.90. The van der Waals surface area contributed by atoms with Crippen molar-refractivity contribution in [1.82, 2.24) is 4.90 Å². The molecule has 0 aliphatic carbocycles. The molecule has 0 aromatic heterocycles.